The summed E-state index contributed by atoms with van der Waals surface area (Å²) in [6.45, 7) is 2.50. The number of hydrogen-bond acceptors (Lipinski definition) is 6. The average molecular weight is 405 g/mol. The summed E-state index contributed by atoms with van der Waals surface area (Å²) in [7, 11) is -3.72. The second-order valence-corrected chi connectivity index (χ2v) is 8.53. The Morgan fingerprint density at radius 2 is 2.00 bits per heavy atom. The number of anilines is 1. The zero-order valence-electron chi connectivity index (χ0n) is 14.5. The molecule has 1 aromatic heterocycles. The van der Waals surface area contributed by atoms with Gasteiger partial charge in [0.05, 0.1) is 11.4 Å². The van der Waals surface area contributed by atoms with Gasteiger partial charge in [-0.05, 0) is 61.4 Å². The Labute approximate surface area is 161 Å². The first kappa shape index (κ1) is 18.0. The number of halogens is 1. The van der Waals surface area contributed by atoms with Gasteiger partial charge in [-0.25, -0.2) is 13.6 Å². The van der Waals surface area contributed by atoms with E-state index in [-0.39, 0.29) is 10.9 Å². The lowest BCUT2D eigenvalue weighted by Gasteiger charge is -2.22. The van der Waals surface area contributed by atoms with Crippen molar-refractivity contribution >= 4 is 27.3 Å². The summed E-state index contributed by atoms with van der Waals surface area (Å²) < 4.78 is 28.5. The van der Waals surface area contributed by atoms with E-state index in [1.165, 1.54) is 6.07 Å². The standard InChI is InChI=1S/C18H17ClN4O3S/c1-11-8-13-9-15(27(20,24)25)6-7-16(13)23(11)10-17-21-18(22-26-17)12-2-4-14(19)5-3-12/h2-7,9,11H,8,10H2,1H3,(H2,20,24,25). The molecule has 2 aromatic carbocycles. The SMILES string of the molecule is CC1Cc2cc(S(N)(=O)=O)ccc2N1Cc1nc(-c2ccc(Cl)cc2)no1. The van der Waals surface area contributed by atoms with Crippen molar-refractivity contribution in [3.8, 4) is 11.4 Å². The summed E-state index contributed by atoms with van der Waals surface area (Å²) in [5.74, 6) is 0.980. The maximum absolute atomic E-state index is 11.6. The lowest BCUT2D eigenvalue weighted by atomic mass is 10.1. The van der Waals surface area contributed by atoms with Gasteiger partial charge < -0.3 is 9.42 Å². The second kappa shape index (κ2) is 6.63. The number of nitrogens with zero attached hydrogens (tertiary/aromatic N) is 3. The molecule has 3 aromatic rings. The van der Waals surface area contributed by atoms with E-state index in [1.807, 2.05) is 12.1 Å². The van der Waals surface area contributed by atoms with E-state index in [0.29, 0.717) is 23.3 Å². The molecular weight excluding hydrogens is 388 g/mol. The number of primary sulfonamides is 1. The van der Waals surface area contributed by atoms with Crippen LogP contribution in [0.25, 0.3) is 11.4 Å². The predicted octanol–water partition coefficient (Wildman–Crippen LogP) is 2.99. The van der Waals surface area contributed by atoms with Gasteiger partial charge in [0.15, 0.2) is 0 Å². The maximum Gasteiger partial charge on any atom is 0.246 e. The van der Waals surface area contributed by atoms with Crippen LogP contribution < -0.4 is 10.0 Å². The Morgan fingerprint density at radius 3 is 2.70 bits per heavy atom. The summed E-state index contributed by atoms with van der Waals surface area (Å²) in [6.07, 6.45) is 0.719. The highest BCUT2D eigenvalue weighted by molar-refractivity contribution is 7.89. The molecule has 0 aliphatic carbocycles. The zero-order chi connectivity index (χ0) is 19.2. The van der Waals surface area contributed by atoms with Crippen molar-refractivity contribution in [3.63, 3.8) is 0 Å². The van der Waals surface area contributed by atoms with Gasteiger partial charge >= 0.3 is 0 Å². The lowest BCUT2D eigenvalue weighted by molar-refractivity contribution is 0.374. The largest absolute Gasteiger partial charge is 0.359 e. The maximum atomic E-state index is 11.6. The summed E-state index contributed by atoms with van der Waals surface area (Å²) in [5.41, 5.74) is 2.70. The molecule has 1 aliphatic heterocycles. The number of sulfonamides is 1. The molecule has 0 saturated heterocycles. The molecule has 1 atom stereocenters. The van der Waals surface area contributed by atoms with Crippen LogP contribution in [0, 0.1) is 0 Å². The van der Waals surface area contributed by atoms with E-state index in [4.69, 9.17) is 21.3 Å². The highest BCUT2D eigenvalue weighted by atomic mass is 35.5. The highest BCUT2D eigenvalue weighted by Gasteiger charge is 2.28. The topological polar surface area (TPSA) is 102 Å². The monoisotopic (exact) mass is 404 g/mol. The van der Waals surface area contributed by atoms with Crippen LogP contribution in [0.15, 0.2) is 51.9 Å². The summed E-state index contributed by atoms with van der Waals surface area (Å²) in [4.78, 5) is 6.70. The van der Waals surface area contributed by atoms with E-state index in [0.717, 1.165) is 23.2 Å². The first-order valence-corrected chi connectivity index (χ1v) is 10.2. The van der Waals surface area contributed by atoms with Crippen LogP contribution in [0.3, 0.4) is 0 Å². The Bertz CT molecular complexity index is 1100. The molecule has 4 rings (SSSR count). The fourth-order valence-corrected chi connectivity index (χ4v) is 3.96. The van der Waals surface area contributed by atoms with Gasteiger partial charge in [-0.1, -0.05) is 16.8 Å². The molecule has 2 N–H and O–H groups in total. The number of benzene rings is 2. The first-order chi connectivity index (χ1) is 12.8. The van der Waals surface area contributed by atoms with Crippen LogP contribution in [0.5, 0.6) is 0 Å². The molecule has 0 saturated carbocycles. The number of nitrogens with two attached hydrogens (primary N) is 1. The lowest BCUT2D eigenvalue weighted by Crippen LogP contribution is -2.28. The molecule has 140 valence electrons. The molecule has 1 aliphatic rings. The van der Waals surface area contributed by atoms with Crippen LogP contribution in [0.1, 0.15) is 18.4 Å². The minimum absolute atomic E-state index is 0.123. The van der Waals surface area contributed by atoms with Crippen LogP contribution >= 0.6 is 11.6 Å². The predicted molar refractivity (Wildman–Crippen MR) is 102 cm³/mol. The highest BCUT2D eigenvalue weighted by Crippen LogP contribution is 2.34. The molecule has 0 radical (unpaired) electrons. The molecule has 7 nitrogen and oxygen atoms in total. The van der Waals surface area contributed by atoms with E-state index < -0.39 is 10.0 Å². The van der Waals surface area contributed by atoms with E-state index in [9.17, 15) is 8.42 Å². The quantitative estimate of drug-likeness (QED) is 0.717. The number of fused-ring (bicyclic) bond motifs is 1. The molecule has 27 heavy (non-hydrogen) atoms. The summed E-state index contributed by atoms with van der Waals surface area (Å²) in [5, 5.41) is 9.90. The summed E-state index contributed by atoms with van der Waals surface area (Å²) >= 11 is 5.90. The van der Waals surface area contributed by atoms with E-state index in [1.54, 1.807) is 24.3 Å². The third-order valence-corrected chi connectivity index (χ3v) is 5.78. The molecule has 2 heterocycles. The number of rotatable bonds is 4. The third-order valence-electron chi connectivity index (χ3n) is 4.61. The smallest absolute Gasteiger partial charge is 0.246 e. The van der Waals surface area contributed by atoms with Gasteiger partial charge in [0.25, 0.3) is 0 Å². The zero-order valence-corrected chi connectivity index (χ0v) is 16.0. The van der Waals surface area contributed by atoms with Crippen LogP contribution in [-0.2, 0) is 23.0 Å². The molecule has 0 bridgehead atoms. The number of hydrogen-bond donors (Lipinski definition) is 1. The van der Waals surface area contributed by atoms with Crippen LogP contribution in [-0.4, -0.2) is 24.6 Å². The first-order valence-electron chi connectivity index (χ1n) is 8.32. The van der Waals surface area contributed by atoms with E-state index >= 15 is 0 Å². The fourth-order valence-electron chi connectivity index (χ4n) is 3.27. The van der Waals surface area contributed by atoms with Crippen LogP contribution in [0.2, 0.25) is 5.02 Å². The summed E-state index contributed by atoms with van der Waals surface area (Å²) in [6, 6.07) is 12.3. The van der Waals surface area contributed by atoms with Gasteiger partial charge in [0, 0.05) is 22.3 Å². The van der Waals surface area contributed by atoms with E-state index in [2.05, 4.69) is 22.0 Å². The van der Waals surface area contributed by atoms with Crippen molar-refractivity contribution < 1.29 is 12.9 Å². The molecule has 1 unspecified atom stereocenters. The van der Waals surface area contributed by atoms with Gasteiger partial charge in [0.1, 0.15) is 0 Å². The minimum Gasteiger partial charge on any atom is -0.359 e. The molecule has 0 fully saturated rings. The Kier molecular flexibility index (Phi) is 4.41. The van der Waals surface area contributed by atoms with Crippen molar-refractivity contribution in [2.75, 3.05) is 4.90 Å². The molecule has 0 amide bonds. The van der Waals surface area contributed by atoms with Crippen LogP contribution in [0.4, 0.5) is 5.69 Å². The van der Waals surface area contributed by atoms with Gasteiger partial charge in [-0.2, -0.15) is 4.98 Å². The minimum atomic E-state index is -3.72. The fraction of sp³-hybridized carbons (Fsp3) is 0.222. The average Bonchev–Trinajstić information content (AvgIpc) is 3.20. The van der Waals surface area contributed by atoms with Crippen molar-refractivity contribution in [1.82, 2.24) is 10.1 Å². The van der Waals surface area contributed by atoms with Crippen molar-refractivity contribution in [2.45, 2.75) is 30.8 Å². The van der Waals surface area contributed by atoms with Crippen molar-refractivity contribution in [1.29, 1.82) is 0 Å². The van der Waals surface area contributed by atoms with Gasteiger partial charge in [-0.15, -0.1) is 0 Å². The number of aromatic nitrogens is 2. The second-order valence-electron chi connectivity index (χ2n) is 6.54. The Morgan fingerprint density at radius 1 is 1.26 bits per heavy atom. The Balaban J connectivity index is 1.58. The Hall–Kier alpha value is -2.42. The molecular formula is C18H17ClN4O3S. The molecule has 9 heteroatoms. The van der Waals surface area contributed by atoms with Crippen molar-refractivity contribution in [3.05, 3.63) is 58.9 Å². The van der Waals surface area contributed by atoms with Crippen molar-refractivity contribution in [2.24, 2.45) is 5.14 Å². The third kappa shape index (κ3) is 3.55. The molecule has 0 spiro atoms. The van der Waals surface area contributed by atoms with Gasteiger partial charge in [-0.3, -0.25) is 0 Å². The van der Waals surface area contributed by atoms with Gasteiger partial charge in [0.2, 0.25) is 21.7 Å². The normalized spacial score (nSPS) is 16.6.